The van der Waals surface area contributed by atoms with Gasteiger partial charge in [-0.1, -0.05) is 20.8 Å². The minimum Gasteiger partial charge on any atom is -0.463 e. The molecule has 2 aromatic rings. The highest BCUT2D eigenvalue weighted by atomic mass is 16.3. The van der Waals surface area contributed by atoms with Crippen molar-refractivity contribution in [1.29, 1.82) is 0 Å². The number of hydrogen-bond donors (Lipinski definition) is 2. The van der Waals surface area contributed by atoms with Crippen molar-refractivity contribution < 1.29 is 14.3 Å². The summed E-state index contributed by atoms with van der Waals surface area (Å²) in [5.41, 5.74) is 1.01. The molecule has 2 heterocycles. The van der Waals surface area contributed by atoms with E-state index in [1.807, 2.05) is 0 Å². The molecule has 0 radical (unpaired) electrons. The molecular formula is C16H23N3O3. The molecular weight excluding hydrogens is 282 g/mol. The van der Waals surface area contributed by atoms with E-state index in [0.717, 1.165) is 0 Å². The van der Waals surface area contributed by atoms with Gasteiger partial charge in [0.05, 0.1) is 6.26 Å². The molecule has 6 nitrogen and oxygen atoms in total. The number of nitrogens with zero attached hydrogens (tertiary/aromatic N) is 2. The molecule has 0 atom stereocenters. The number of carbonyl (C=O) groups excluding carboxylic acids is 1. The third-order valence-electron chi connectivity index (χ3n) is 3.12. The van der Waals surface area contributed by atoms with E-state index in [4.69, 9.17) is 9.52 Å². The van der Waals surface area contributed by atoms with Gasteiger partial charge in [-0.15, -0.1) is 0 Å². The minimum atomic E-state index is -0.141. The Kier molecular flexibility index (Phi) is 5.03. The molecule has 22 heavy (non-hydrogen) atoms. The van der Waals surface area contributed by atoms with Gasteiger partial charge in [-0.3, -0.25) is 9.89 Å². The van der Waals surface area contributed by atoms with Crippen LogP contribution in [0.2, 0.25) is 0 Å². The molecule has 1 amide bonds. The lowest BCUT2D eigenvalue weighted by Crippen LogP contribution is -2.39. The van der Waals surface area contributed by atoms with Crippen molar-refractivity contribution in [3.8, 4) is 11.5 Å². The Morgan fingerprint density at radius 1 is 1.45 bits per heavy atom. The minimum absolute atomic E-state index is 0.0226. The number of aliphatic hydroxyl groups excluding tert-OH is 1. The van der Waals surface area contributed by atoms with Crippen LogP contribution in [-0.2, 0) is 0 Å². The highest BCUT2D eigenvalue weighted by Crippen LogP contribution is 2.20. The van der Waals surface area contributed by atoms with Gasteiger partial charge in [0.15, 0.2) is 11.5 Å². The number of rotatable bonds is 6. The maximum Gasteiger partial charge on any atom is 0.274 e. The van der Waals surface area contributed by atoms with Crippen LogP contribution in [0.25, 0.3) is 11.5 Å². The summed E-state index contributed by atoms with van der Waals surface area (Å²) in [6.07, 6.45) is 2.13. The topological polar surface area (TPSA) is 82.4 Å². The summed E-state index contributed by atoms with van der Waals surface area (Å²) in [4.78, 5) is 14.4. The van der Waals surface area contributed by atoms with Crippen LogP contribution in [0, 0.1) is 5.41 Å². The third-order valence-corrected chi connectivity index (χ3v) is 3.12. The van der Waals surface area contributed by atoms with Gasteiger partial charge in [-0.25, -0.2) is 0 Å². The molecule has 0 aliphatic heterocycles. The average molecular weight is 305 g/mol. The van der Waals surface area contributed by atoms with E-state index in [0.29, 0.717) is 36.7 Å². The number of furan rings is 1. The van der Waals surface area contributed by atoms with Crippen LogP contribution in [-0.4, -0.2) is 45.8 Å². The predicted octanol–water partition coefficient (Wildman–Crippen LogP) is 2.54. The number of aromatic nitrogens is 2. The fourth-order valence-electron chi connectivity index (χ4n) is 2.24. The molecule has 6 heteroatoms. The second-order valence-corrected chi connectivity index (χ2v) is 6.51. The largest absolute Gasteiger partial charge is 0.463 e. The first-order chi connectivity index (χ1) is 10.4. The van der Waals surface area contributed by atoms with Crippen LogP contribution >= 0.6 is 0 Å². The second-order valence-electron chi connectivity index (χ2n) is 6.51. The summed E-state index contributed by atoms with van der Waals surface area (Å²) >= 11 is 0. The van der Waals surface area contributed by atoms with Crippen molar-refractivity contribution in [3.63, 3.8) is 0 Å². The van der Waals surface area contributed by atoms with Crippen molar-refractivity contribution in [2.75, 3.05) is 19.7 Å². The maximum absolute atomic E-state index is 12.6. The highest BCUT2D eigenvalue weighted by Gasteiger charge is 2.24. The maximum atomic E-state index is 12.6. The number of nitrogens with one attached hydrogen (secondary N) is 1. The van der Waals surface area contributed by atoms with Gasteiger partial charge in [-0.05, 0) is 24.0 Å². The first-order valence-electron chi connectivity index (χ1n) is 7.40. The Bertz CT molecular complexity index is 596. The quantitative estimate of drug-likeness (QED) is 0.859. The Labute approximate surface area is 130 Å². The number of amides is 1. The molecule has 0 aromatic carbocycles. The van der Waals surface area contributed by atoms with Gasteiger partial charge in [0, 0.05) is 25.8 Å². The molecule has 0 aliphatic rings. The summed E-state index contributed by atoms with van der Waals surface area (Å²) in [6, 6.07) is 5.28. The van der Waals surface area contributed by atoms with Crippen LogP contribution in [0.1, 0.15) is 37.7 Å². The molecule has 0 spiro atoms. The smallest absolute Gasteiger partial charge is 0.274 e. The van der Waals surface area contributed by atoms with E-state index in [2.05, 4.69) is 31.0 Å². The normalized spacial score (nSPS) is 11.6. The summed E-state index contributed by atoms with van der Waals surface area (Å²) < 4.78 is 5.29. The van der Waals surface area contributed by atoms with E-state index in [1.165, 1.54) is 0 Å². The van der Waals surface area contributed by atoms with Crippen LogP contribution < -0.4 is 0 Å². The average Bonchev–Trinajstić information content (AvgIpc) is 3.10. The number of H-pyrrole nitrogens is 1. The molecule has 2 aromatic heterocycles. The summed E-state index contributed by atoms with van der Waals surface area (Å²) in [5.74, 6) is 0.502. The standard InChI is InChI=1S/C16H23N3O3/c1-16(2,3)11-19(7-5-8-20)15(21)13-10-12(17-18-13)14-6-4-9-22-14/h4,6,9-10,20H,5,7-8,11H2,1-3H3,(H,17,18). The van der Waals surface area contributed by atoms with Crippen LogP contribution in [0.5, 0.6) is 0 Å². The van der Waals surface area contributed by atoms with Gasteiger partial charge >= 0.3 is 0 Å². The van der Waals surface area contributed by atoms with Gasteiger partial charge in [-0.2, -0.15) is 5.10 Å². The monoisotopic (exact) mass is 305 g/mol. The molecule has 0 saturated heterocycles. The first-order valence-corrected chi connectivity index (χ1v) is 7.40. The summed E-state index contributed by atoms with van der Waals surface area (Å²) in [6.45, 7) is 7.40. The molecule has 0 aliphatic carbocycles. The lowest BCUT2D eigenvalue weighted by atomic mass is 9.96. The Morgan fingerprint density at radius 3 is 2.82 bits per heavy atom. The zero-order chi connectivity index (χ0) is 16.2. The lowest BCUT2D eigenvalue weighted by Gasteiger charge is -2.29. The van der Waals surface area contributed by atoms with E-state index < -0.39 is 0 Å². The van der Waals surface area contributed by atoms with Gasteiger partial charge < -0.3 is 14.4 Å². The molecule has 0 unspecified atom stereocenters. The molecule has 2 rings (SSSR count). The van der Waals surface area contributed by atoms with Crippen LogP contribution in [0.15, 0.2) is 28.9 Å². The predicted molar refractivity (Wildman–Crippen MR) is 83.4 cm³/mol. The van der Waals surface area contributed by atoms with E-state index in [1.54, 1.807) is 29.4 Å². The van der Waals surface area contributed by atoms with Crippen molar-refractivity contribution in [3.05, 3.63) is 30.2 Å². The van der Waals surface area contributed by atoms with E-state index in [9.17, 15) is 4.79 Å². The Morgan fingerprint density at radius 2 is 2.23 bits per heavy atom. The van der Waals surface area contributed by atoms with Crippen molar-refractivity contribution in [2.24, 2.45) is 5.41 Å². The van der Waals surface area contributed by atoms with Crippen molar-refractivity contribution in [2.45, 2.75) is 27.2 Å². The number of aromatic amines is 1. The Hall–Kier alpha value is -2.08. The van der Waals surface area contributed by atoms with Gasteiger partial charge in [0.2, 0.25) is 0 Å². The van der Waals surface area contributed by atoms with Gasteiger partial charge in [0.25, 0.3) is 5.91 Å². The zero-order valence-electron chi connectivity index (χ0n) is 13.3. The molecule has 0 fully saturated rings. The van der Waals surface area contributed by atoms with E-state index in [-0.39, 0.29) is 17.9 Å². The molecule has 0 bridgehead atoms. The SMILES string of the molecule is CC(C)(C)CN(CCCO)C(=O)c1cc(-c2ccco2)[nH]n1. The summed E-state index contributed by atoms with van der Waals surface area (Å²) in [7, 11) is 0. The number of aliphatic hydroxyl groups is 1. The van der Waals surface area contributed by atoms with Crippen molar-refractivity contribution >= 4 is 5.91 Å². The molecule has 120 valence electrons. The fourth-order valence-corrected chi connectivity index (χ4v) is 2.24. The summed E-state index contributed by atoms with van der Waals surface area (Å²) in [5, 5.41) is 15.9. The molecule has 2 N–H and O–H groups in total. The zero-order valence-corrected chi connectivity index (χ0v) is 13.3. The van der Waals surface area contributed by atoms with Crippen LogP contribution in [0.4, 0.5) is 0 Å². The Balaban J connectivity index is 2.15. The number of carbonyl (C=O) groups is 1. The first kappa shape index (κ1) is 16.3. The second kappa shape index (κ2) is 6.79. The fraction of sp³-hybridized carbons (Fsp3) is 0.500. The van der Waals surface area contributed by atoms with E-state index >= 15 is 0 Å². The van der Waals surface area contributed by atoms with Gasteiger partial charge in [0.1, 0.15) is 5.69 Å². The third kappa shape index (κ3) is 4.21. The highest BCUT2D eigenvalue weighted by molar-refractivity contribution is 5.93. The molecule has 0 saturated carbocycles. The van der Waals surface area contributed by atoms with Crippen molar-refractivity contribution in [1.82, 2.24) is 15.1 Å². The van der Waals surface area contributed by atoms with Crippen LogP contribution in [0.3, 0.4) is 0 Å². The lowest BCUT2D eigenvalue weighted by molar-refractivity contribution is 0.0676. The number of hydrogen-bond acceptors (Lipinski definition) is 4.